The molecular weight excluding hydrogens is 382 g/mol. The first-order valence-corrected chi connectivity index (χ1v) is 8.60. The normalized spacial score (nSPS) is 11.5. The maximum atomic E-state index is 12.3. The van der Waals surface area contributed by atoms with Gasteiger partial charge in [0, 0.05) is 5.56 Å². The van der Waals surface area contributed by atoms with Crippen LogP contribution in [0.15, 0.2) is 36.4 Å². The number of hydrogen-bond donors (Lipinski definition) is 1. The topological polar surface area (TPSA) is 109 Å². The number of fused-ring (bicyclic) bond motifs is 1. The van der Waals surface area contributed by atoms with Gasteiger partial charge >= 0.3 is 5.97 Å². The van der Waals surface area contributed by atoms with E-state index >= 15 is 0 Å². The van der Waals surface area contributed by atoms with E-state index in [1.807, 2.05) is 0 Å². The monoisotopic (exact) mass is 401 g/mol. The van der Waals surface area contributed by atoms with Crippen molar-refractivity contribution in [2.45, 2.75) is 0 Å². The van der Waals surface area contributed by atoms with E-state index in [4.69, 9.17) is 23.7 Å². The van der Waals surface area contributed by atoms with Gasteiger partial charge in [-0.15, -0.1) is 0 Å². The molecule has 2 aromatic rings. The third kappa shape index (κ3) is 4.75. The molecule has 0 saturated heterocycles. The Kier molecular flexibility index (Phi) is 6.18. The molecule has 0 fully saturated rings. The van der Waals surface area contributed by atoms with Crippen molar-refractivity contribution in [3.05, 3.63) is 47.5 Å². The molecule has 2 aromatic carbocycles. The number of rotatable bonds is 8. The molecule has 9 heteroatoms. The van der Waals surface area contributed by atoms with Crippen LogP contribution >= 0.6 is 0 Å². The van der Waals surface area contributed by atoms with Crippen LogP contribution in [-0.2, 0) is 9.53 Å². The maximum absolute atomic E-state index is 12.3. The van der Waals surface area contributed by atoms with E-state index < -0.39 is 30.8 Å². The van der Waals surface area contributed by atoms with Crippen LogP contribution in [0.5, 0.6) is 23.0 Å². The third-order valence-corrected chi connectivity index (χ3v) is 4.10. The quantitative estimate of drug-likeness (QED) is 0.525. The number of carbonyl (C=O) groups is 3. The van der Waals surface area contributed by atoms with E-state index in [2.05, 4.69) is 5.32 Å². The second-order valence-electron chi connectivity index (χ2n) is 5.90. The molecule has 1 N–H and O–H groups in total. The highest BCUT2D eigenvalue weighted by Crippen LogP contribution is 2.32. The highest BCUT2D eigenvalue weighted by Gasteiger charge is 2.18. The summed E-state index contributed by atoms with van der Waals surface area (Å²) in [7, 11) is 2.90. The Morgan fingerprint density at radius 2 is 1.79 bits per heavy atom. The lowest BCUT2D eigenvalue weighted by Crippen LogP contribution is -2.31. The number of amides is 1. The lowest BCUT2D eigenvalue weighted by atomic mass is 10.1. The number of ether oxygens (including phenoxy) is 5. The smallest absolute Gasteiger partial charge is 0.325 e. The van der Waals surface area contributed by atoms with Crippen LogP contribution < -0.4 is 24.3 Å². The van der Waals surface area contributed by atoms with Crippen LogP contribution in [0.4, 0.5) is 0 Å². The van der Waals surface area contributed by atoms with Gasteiger partial charge in [0.2, 0.25) is 12.6 Å². The number of Topliss-reactive ketones (excluding diaryl/α,β-unsaturated/α-hetero) is 1. The molecule has 29 heavy (non-hydrogen) atoms. The van der Waals surface area contributed by atoms with Crippen molar-refractivity contribution in [2.24, 2.45) is 0 Å². The van der Waals surface area contributed by atoms with Crippen molar-refractivity contribution in [3.63, 3.8) is 0 Å². The van der Waals surface area contributed by atoms with E-state index in [0.29, 0.717) is 28.6 Å². The second-order valence-corrected chi connectivity index (χ2v) is 5.90. The zero-order valence-electron chi connectivity index (χ0n) is 15.9. The Balaban J connectivity index is 1.51. The molecule has 1 heterocycles. The van der Waals surface area contributed by atoms with Gasteiger partial charge in [0.15, 0.2) is 18.1 Å². The number of hydrogen-bond acceptors (Lipinski definition) is 8. The van der Waals surface area contributed by atoms with Gasteiger partial charge in [-0.2, -0.15) is 0 Å². The number of esters is 1. The number of benzene rings is 2. The predicted octanol–water partition coefficient (Wildman–Crippen LogP) is 1.59. The summed E-state index contributed by atoms with van der Waals surface area (Å²) in [6.45, 7) is -0.795. The number of carbonyl (C=O) groups excluding carboxylic acids is 3. The lowest BCUT2D eigenvalue weighted by molar-refractivity contribution is -0.141. The highest BCUT2D eigenvalue weighted by atomic mass is 16.7. The molecule has 0 saturated carbocycles. The first-order chi connectivity index (χ1) is 14.0. The Morgan fingerprint density at radius 1 is 1.00 bits per heavy atom. The molecule has 9 nitrogen and oxygen atoms in total. The van der Waals surface area contributed by atoms with Crippen molar-refractivity contribution in [3.8, 4) is 23.0 Å². The van der Waals surface area contributed by atoms with Crippen LogP contribution in [0.1, 0.15) is 20.7 Å². The average molecular weight is 401 g/mol. The third-order valence-electron chi connectivity index (χ3n) is 4.10. The maximum Gasteiger partial charge on any atom is 0.325 e. The van der Waals surface area contributed by atoms with E-state index in [0.717, 1.165) is 0 Å². The summed E-state index contributed by atoms with van der Waals surface area (Å²) in [5, 5.41) is 2.43. The van der Waals surface area contributed by atoms with Gasteiger partial charge in [-0.1, -0.05) is 0 Å². The molecule has 1 aliphatic heterocycles. The minimum Gasteiger partial charge on any atom is -0.497 e. The summed E-state index contributed by atoms with van der Waals surface area (Å²) < 4.78 is 25.6. The molecule has 0 aliphatic carbocycles. The Hall–Kier alpha value is -3.75. The lowest BCUT2D eigenvalue weighted by Gasteiger charge is -2.10. The zero-order valence-corrected chi connectivity index (χ0v) is 15.9. The van der Waals surface area contributed by atoms with Gasteiger partial charge in [-0.25, -0.2) is 0 Å². The average Bonchev–Trinajstić information content (AvgIpc) is 3.23. The van der Waals surface area contributed by atoms with Gasteiger partial charge in [0.25, 0.3) is 5.91 Å². The summed E-state index contributed by atoms with van der Waals surface area (Å²) in [5.74, 6) is 0.108. The van der Waals surface area contributed by atoms with E-state index in [1.54, 1.807) is 24.3 Å². The summed E-state index contributed by atoms with van der Waals surface area (Å²) in [4.78, 5) is 36.4. The number of nitrogens with one attached hydrogen (secondary N) is 1. The van der Waals surface area contributed by atoms with E-state index in [9.17, 15) is 14.4 Å². The van der Waals surface area contributed by atoms with E-state index in [-0.39, 0.29) is 12.4 Å². The fourth-order valence-corrected chi connectivity index (χ4v) is 2.60. The van der Waals surface area contributed by atoms with Gasteiger partial charge < -0.3 is 29.0 Å². The molecule has 0 bridgehead atoms. The van der Waals surface area contributed by atoms with Gasteiger partial charge in [0.1, 0.15) is 18.0 Å². The summed E-state index contributed by atoms with van der Waals surface area (Å²) in [5.41, 5.74) is 0.531. The Morgan fingerprint density at radius 3 is 2.55 bits per heavy atom. The molecule has 0 aromatic heterocycles. The molecule has 1 aliphatic rings. The molecule has 1 amide bonds. The minimum absolute atomic E-state index is 0.0961. The van der Waals surface area contributed by atoms with Gasteiger partial charge in [-0.3, -0.25) is 14.4 Å². The van der Waals surface area contributed by atoms with Crippen molar-refractivity contribution in [1.29, 1.82) is 0 Å². The fraction of sp³-hybridized carbons (Fsp3) is 0.250. The SMILES string of the molecule is COc1ccc(OC)c(C(=O)COC(=O)CNC(=O)c2ccc3c(c2)OCO3)c1. The minimum atomic E-state index is -0.755. The molecule has 0 spiro atoms. The van der Waals surface area contributed by atoms with Crippen LogP contribution in [0.3, 0.4) is 0 Å². The van der Waals surface area contributed by atoms with Gasteiger partial charge in [0.05, 0.1) is 19.8 Å². The predicted molar refractivity (Wildman–Crippen MR) is 99.7 cm³/mol. The summed E-state index contributed by atoms with van der Waals surface area (Å²) in [6.07, 6.45) is 0. The van der Waals surface area contributed by atoms with Crippen molar-refractivity contribution in [1.82, 2.24) is 5.32 Å². The number of ketones is 1. The summed E-state index contributed by atoms with van der Waals surface area (Å²) >= 11 is 0. The highest BCUT2D eigenvalue weighted by molar-refractivity contribution is 6.01. The Labute approximate surface area is 166 Å². The zero-order chi connectivity index (χ0) is 20.8. The van der Waals surface area contributed by atoms with Crippen LogP contribution in [0.25, 0.3) is 0 Å². The molecular formula is C20H19NO8. The first kappa shape index (κ1) is 20.0. The molecule has 0 radical (unpaired) electrons. The van der Waals surface area contributed by atoms with Crippen molar-refractivity contribution < 1.29 is 38.1 Å². The van der Waals surface area contributed by atoms with Crippen LogP contribution in [-0.4, -0.2) is 51.8 Å². The molecule has 3 rings (SSSR count). The fourth-order valence-electron chi connectivity index (χ4n) is 2.60. The van der Waals surface area contributed by atoms with E-state index in [1.165, 1.54) is 26.4 Å². The molecule has 152 valence electrons. The Bertz CT molecular complexity index is 940. The summed E-state index contributed by atoms with van der Waals surface area (Å²) in [6, 6.07) is 9.40. The number of methoxy groups -OCH3 is 2. The van der Waals surface area contributed by atoms with Gasteiger partial charge in [-0.05, 0) is 36.4 Å². The van der Waals surface area contributed by atoms with Crippen LogP contribution in [0, 0.1) is 0 Å². The first-order valence-electron chi connectivity index (χ1n) is 8.60. The van der Waals surface area contributed by atoms with Crippen molar-refractivity contribution >= 4 is 17.7 Å². The standard InChI is InChI=1S/C20H19NO8/c1-25-13-4-6-16(26-2)14(8-13)15(22)10-27-19(23)9-21-20(24)12-3-5-17-18(7-12)29-11-28-17/h3-8H,9-11H2,1-2H3,(H,21,24). The van der Waals surface area contributed by atoms with Crippen LogP contribution in [0.2, 0.25) is 0 Å². The second kappa shape index (κ2) is 8.96. The molecule has 0 unspecified atom stereocenters. The van der Waals surface area contributed by atoms with Crippen molar-refractivity contribution in [2.75, 3.05) is 34.2 Å². The molecule has 0 atom stereocenters. The largest absolute Gasteiger partial charge is 0.497 e.